The van der Waals surface area contributed by atoms with Gasteiger partial charge in [0.2, 0.25) is 9.84 Å². The van der Waals surface area contributed by atoms with Crippen molar-refractivity contribution in [3.8, 4) is 0 Å². The lowest BCUT2D eigenvalue weighted by atomic mass is 9.80. The second kappa shape index (κ2) is 8.53. The first-order valence-electron chi connectivity index (χ1n) is 9.57. The van der Waals surface area contributed by atoms with E-state index in [1.54, 1.807) is 12.1 Å². The number of fused-ring (bicyclic) bond motifs is 1. The van der Waals surface area contributed by atoms with Crippen LogP contribution in [0.25, 0.3) is 0 Å². The number of hydrogen-bond donors (Lipinski definition) is 0. The van der Waals surface area contributed by atoms with E-state index < -0.39 is 15.7 Å². The van der Waals surface area contributed by atoms with Gasteiger partial charge < -0.3 is 4.90 Å². The average molecular weight is 404 g/mol. The predicted molar refractivity (Wildman–Crippen MR) is 107 cm³/mol. The van der Waals surface area contributed by atoms with Crippen LogP contribution >= 0.6 is 0 Å². The van der Waals surface area contributed by atoms with E-state index in [0.29, 0.717) is 13.0 Å². The first-order valence-corrected chi connectivity index (χ1v) is 11.1. The van der Waals surface area contributed by atoms with E-state index in [1.807, 2.05) is 25.1 Å². The summed E-state index contributed by atoms with van der Waals surface area (Å²) in [4.78, 5) is 14.1. The van der Waals surface area contributed by atoms with Gasteiger partial charge in [-0.3, -0.25) is 4.79 Å². The molecule has 1 atom stereocenters. The Balaban J connectivity index is 1.82. The van der Waals surface area contributed by atoms with Gasteiger partial charge in [-0.05, 0) is 87.2 Å². The third kappa shape index (κ3) is 4.67. The van der Waals surface area contributed by atoms with Crippen molar-refractivity contribution in [2.24, 2.45) is 0 Å². The summed E-state index contributed by atoms with van der Waals surface area (Å²) in [6.45, 7) is 0.449. The minimum atomic E-state index is -3.75. The SMILES string of the molecule is CN(C)CC(=O)CC[C@@H]1CCCc2cc(S(=O)(=O)c3cccc(F)c3)ccc21. The Morgan fingerprint density at radius 3 is 2.61 bits per heavy atom. The Hall–Kier alpha value is -2.05. The minimum Gasteiger partial charge on any atom is -0.302 e. The highest BCUT2D eigenvalue weighted by atomic mass is 32.2. The number of aryl methyl sites for hydroxylation is 1. The largest absolute Gasteiger partial charge is 0.302 e. The molecule has 3 rings (SSSR count). The zero-order valence-electron chi connectivity index (χ0n) is 16.3. The minimum absolute atomic E-state index is 0.0332. The maximum Gasteiger partial charge on any atom is 0.206 e. The molecular weight excluding hydrogens is 377 g/mol. The van der Waals surface area contributed by atoms with Crippen LogP contribution in [0, 0.1) is 5.82 Å². The van der Waals surface area contributed by atoms with Crippen molar-refractivity contribution in [1.29, 1.82) is 0 Å². The number of carbonyl (C=O) groups is 1. The van der Waals surface area contributed by atoms with Crippen molar-refractivity contribution in [2.75, 3.05) is 20.6 Å². The number of carbonyl (C=O) groups excluding carboxylic acids is 1. The molecule has 0 aliphatic heterocycles. The number of halogens is 1. The number of Topliss-reactive ketones (excluding diaryl/α,β-unsaturated/α-hetero) is 1. The number of sulfone groups is 1. The molecule has 0 unspecified atom stereocenters. The summed E-state index contributed by atoms with van der Waals surface area (Å²) in [6, 6.07) is 10.3. The molecule has 6 heteroatoms. The van der Waals surface area contributed by atoms with E-state index in [1.165, 1.54) is 18.2 Å². The number of nitrogens with zero attached hydrogens (tertiary/aromatic N) is 1. The summed E-state index contributed by atoms with van der Waals surface area (Å²) in [5, 5.41) is 0. The van der Waals surface area contributed by atoms with Crippen molar-refractivity contribution < 1.29 is 17.6 Å². The fourth-order valence-electron chi connectivity index (χ4n) is 3.90. The smallest absolute Gasteiger partial charge is 0.206 e. The van der Waals surface area contributed by atoms with E-state index >= 15 is 0 Å². The molecule has 0 amide bonds. The van der Waals surface area contributed by atoms with Crippen molar-refractivity contribution in [2.45, 2.75) is 47.8 Å². The predicted octanol–water partition coefficient (Wildman–Crippen LogP) is 3.99. The zero-order valence-corrected chi connectivity index (χ0v) is 17.1. The van der Waals surface area contributed by atoms with E-state index in [4.69, 9.17) is 0 Å². The topological polar surface area (TPSA) is 54.5 Å². The Bertz CT molecular complexity index is 969. The highest BCUT2D eigenvalue weighted by molar-refractivity contribution is 7.91. The lowest BCUT2D eigenvalue weighted by molar-refractivity contribution is -0.119. The van der Waals surface area contributed by atoms with Crippen LogP contribution in [0.4, 0.5) is 4.39 Å². The van der Waals surface area contributed by atoms with Gasteiger partial charge in [-0.2, -0.15) is 0 Å². The third-order valence-corrected chi connectivity index (χ3v) is 6.98. The van der Waals surface area contributed by atoms with E-state index in [0.717, 1.165) is 42.9 Å². The zero-order chi connectivity index (χ0) is 20.3. The third-order valence-electron chi connectivity index (χ3n) is 5.23. The van der Waals surface area contributed by atoms with Gasteiger partial charge in [0.05, 0.1) is 16.3 Å². The van der Waals surface area contributed by atoms with Crippen LogP contribution in [0.15, 0.2) is 52.3 Å². The van der Waals surface area contributed by atoms with Crippen LogP contribution < -0.4 is 0 Å². The Kier molecular flexibility index (Phi) is 6.30. The van der Waals surface area contributed by atoms with Gasteiger partial charge in [0, 0.05) is 6.42 Å². The first-order chi connectivity index (χ1) is 13.3. The molecular formula is C22H26FNO3S. The molecule has 0 saturated heterocycles. The molecule has 1 aliphatic carbocycles. The van der Waals surface area contributed by atoms with Gasteiger partial charge in [0.1, 0.15) is 11.6 Å². The van der Waals surface area contributed by atoms with Crippen LogP contribution in [0.1, 0.15) is 42.7 Å². The molecule has 2 aromatic carbocycles. The number of hydrogen-bond acceptors (Lipinski definition) is 4. The summed E-state index contributed by atoms with van der Waals surface area (Å²) in [5.41, 5.74) is 2.16. The molecule has 0 saturated carbocycles. The van der Waals surface area contributed by atoms with Gasteiger partial charge in [0.15, 0.2) is 0 Å². The van der Waals surface area contributed by atoms with Gasteiger partial charge >= 0.3 is 0 Å². The summed E-state index contributed by atoms with van der Waals surface area (Å²) in [5.74, 6) is -0.0651. The molecule has 2 aromatic rings. The summed E-state index contributed by atoms with van der Waals surface area (Å²) >= 11 is 0. The standard InChI is InChI=1S/C22H26FNO3S/c1-24(2)15-19(25)10-9-16-5-3-6-17-13-21(11-12-22(16)17)28(26,27)20-8-4-7-18(23)14-20/h4,7-8,11-14,16H,3,5-6,9-10,15H2,1-2H3/t16-/m0/s1. The molecule has 0 bridgehead atoms. The van der Waals surface area contributed by atoms with Gasteiger partial charge in [-0.25, -0.2) is 12.8 Å². The molecule has 0 spiro atoms. The van der Waals surface area contributed by atoms with Gasteiger partial charge in [-0.15, -0.1) is 0 Å². The van der Waals surface area contributed by atoms with Crippen LogP contribution in [-0.4, -0.2) is 39.7 Å². The quantitative estimate of drug-likeness (QED) is 0.701. The summed E-state index contributed by atoms with van der Waals surface area (Å²) < 4.78 is 39.2. The number of ketones is 1. The Morgan fingerprint density at radius 2 is 1.89 bits per heavy atom. The van der Waals surface area contributed by atoms with E-state index in [9.17, 15) is 17.6 Å². The highest BCUT2D eigenvalue weighted by Gasteiger charge is 2.25. The molecule has 0 heterocycles. The fourth-order valence-corrected chi connectivity index (χ4v) is 5.24. The number of rotatable bonds is 7. The molecule has 150 valence electrons. The van der Waals surface area contributed by atoms with Crippen LogP contribution in [0.3, 0.4) is 0 Å². The maximum atomic E-state index is 13.5. The first kappa shape index (κ1) is 20.7. The van der Waals surface area contributed by atoms with Crippen molar-refractivity contribution in [3.63, 3.8) is 0 Å². The second-order valence-corrected chi connectivity index (χ2v) is 9.68. The lowest BCUT2D eigenvalue weighted by Gasteiger charge is -2.26. The second-order valence-electron chi connectivity index (χ2n) is 7.73. The summed E-state index contributed by atoms with van der Waals surface area (Å²) in [7, 11) is 0.0154. The average Bonchev–Trinajstić information content (AvgIpc) is 2.65. The van der Waals surface area contributed by atoms with Crippen molar-refractivity contribution in [3.05, 3.63) is 59.4 Å². The molecule has 1 aliphatic rings. The van der Waals surface area contributed by atoms with Crippen LogP contribution in [0.2, 0.25) is 0 Å². The molecule has 0 radical (unpaired) electrons. The van der Waals surface area contributed by atoms with Crippen LogP contribution in [-0.2, 0) is 21.1 Å². The Labute approximate surface area is 166 Å². The number of likely N-dealkylation sites (N-methyl/N-ethyl adjacent to an activating group) is 1. The molecule has 28 heavy (non-hydrogen) atoms. The molecule has 0 aromatic heterocycles. The fraction of sp³-hybridized carbons (Fsp3) is 0.409. The Morgan fingerprint density at radius 1 is 1.14 bits per heavy atom. The van der Waals surface area contributed by atoms with Crippen molar-refractivity contribution >= 4 is 15.6 Å². The van der Waals surface area contributed by atoms with E-state index in [-0.39, 0.29) is 21.5 Å². The van der Waals surface area contributed by atoms with Gasteiger partial charge in [0.25, 0.3) is 0 Å². The van der Waals surface area contributed by atoms with Gasteiger partial charge in [-0.1, -0.05) is 12.1 Å². The highest BCUT2D eigenvalue weighted by Crippen LogP contribution is 2.36. The van der Waals surface area contributed by atoms with E-state index in [2.05, 4.69) is 0 Å². The number of benzene rings is 2. The maximum absolute atomic E-state index is 13.5. The lowest BCUT2D eigenvalue weighted by Crippen LogP contribution is -2.22. The van der Waals surface area contributed by atoms with Crippen LogP contribution in [0.5, 0.6) is 0 Å². The molecule has 0 N–H and O–H groups in total. The monoisotopic (exact) mass is 403 g/mol. The molecule has 4 nitrogen and oxygen atoms in total. The van der Waals surface area contributed by atoms with Crippen molar-refractivity contribution in [1.82, 2.24) is 4.90 Å². The normalized spacial score (nSPS) is 16.8. The molecule has 0 fully saturated rings. The summed E-state index contributed by atoms with van der Waals surface area (Å²) in [6.07, 6.45) is 4.13.